The summed E-state index contributed by atoms with van der Waals surface area (Å²) in [6.07, 6.45) is 1.25. The van der Waals surface area contributed by atoms with E-state index in [-0.39, 0.29) is 18.2 Å². The van der Waals surface area contributed by atoms with Crippen molar-refractivity contribution in [1.29, 1.82) is 0 Å². The van der Waals surface area contributed by atoms with Gasteiger partial charge in [0.1, 0.15) is 0 Å². The average Bonchev–Trinajstić information content (AvgIpc) is 3.05. The predicted molar refractivity (Wildman–Crippen MR) is 85.5 cm³/mol. The summed E-state index contributed by atoms with van der Waals surface area (Å²) in [5, 5.41) is 0.574. The first-order valence-corrected chi connectivity index (χ1v) is 7.98. The van der Waals surface area contributed by atoms with E-state index in [1.807, 2.05) is 18.2 Å². The number of benzene rings is 1. The number of nitrogens with zero attached hydrogens (tertiary/aromatic N) is 1. The first kappa shape index (κ1) is 14.3. The van der Waals surface area contributed by atoms with Crippen LogP contribution in [0.3, 0.4) is 0 Å². The number of carbonyl (C=O) groups excluding carboxylic acids is 2. The minimum atomic E-state index is -0.0483. The zero-order valence-corrected chi connectivity index (χ0v) is 13.1. The van der Waals surface area contributed by atoms with E-state index in [4.69, 9.17) is 11.6 Å². The zero-order chi connectivity index (χ0) is 15.0. The summed E-state index contributed by atoms with van der Waals surface area (Å²) in [7, 11) is 0. The molecule has 0 atom stereocenters. The molecule has 1 aliphatic rings. The van der Waals surface area contributed by atoms with Crippen molar-refractivity contribution in [1.82, 2.24) is 0 Å². The fraction of sp³-hybridized carbons (Fsp3) is 0.250. The molecule has 1 aromatic heterocycles. The Balaban J connectivity index is 1.83. The molecule has 0 aliphatic carbocycles. The Morgan fingerprint density at radius 2 is 2.14 bits per heavy atom. The van der Waals surface area contributed by atoms with Gasteiger partial charge in [-0.1, -0.05) is 24.6 Å². The molecular weight excluding hydrogens is 306 g/mol. The molecule has 1 aromatic carbocycles. The van der Waals surface area contributed by atoms with Crippen LogP contribution in [0.2, 0.25) is 5.02 Å². The highest BCUT2D eigenvalue weighted by molar-refractivity contribution is 7.14. The minimum absolute atomic E-state index is 0.0270. The van der Waals surface area contributed by atoms with Crippen LogP contribution < -0.4 is 4.90 Å². The van der Waals surface area contributed by atoms with Gasteiger partial charge in [0.25, 0.3) is 0 Å². The normalized spacial score (nSPS) is 13.6. The topological polar surface area (TPSA) is 37.4 Å². The van der Waals surface area contributed by atoms with Crippen molar-refractivity contribution in [3.05, 3.63) is 50.7 Å². The van der Waals surface area contributed by atoms with Crippen LogP contribution in [0.5, 0.6) is 0 Å². The molecular formula is C16H14ClNO2S. The summed E-state index contributed by atoms with van der Waals surface area (Å²) >= 11 is 7.49. The van der Waals surface area contributed by atoms with Crippen molar-refractivity contribution in [2.75, 3.05) is 11.4 Å². The lowest BCUT2D eigenvalue weighted by atomic mass is 10.2. The quantitative estimate of drug-likeness (QED) is 0.805. The molecule has 0 spiro atoms. The largest absolute Gasteiger partial charge is 0.304 e. The van der Waals surface area contributed by atoms with E-state index in [1.165, 1.54) is 21.1 Å². The van der Waals surface area contributed by atoms with Crippen molar-refractivity contribution < 1.29 is 9.59 Å². The first-order valence-electron chi connectivity index (χ1n) is 6.79. The SMILES string of the molecule is CCc1ccc(C(=O)CN2C(=O)Cc3ccc(Cl)cc32)s1. The highest BCUT2D eigenvalue weighted by atomic mass is 35.5. The molecule has 0 radical (unpaired) electrons. The zero-order valence-electron chi connectivity index (χ0n) is 11.6. The fourth-order valence-corrected chi connectivity index (χ4v) is 3.49. The number of Topliss-reactive ketones (excluding diaryl/α,β-unsaturated/α-hetero) is 1. The van der Waals surface area contributed by atoms with Crippen molar-refractivity contribution in [3.8, 4) is 0 Å². The number of amides is 1. The van der Waals surface area contributed by atoms with Crippen LogP contribution in [0.25, 0.3) is 0 Å². The van der Waals surface area contributed by atoms with E-state index < -0.39 is 0 Å². The number of ketones is 1. The van der Waals surface area contributed by atoms with Crippen LogP contribution in [0.15, 0.2) is 30.3 Å². The van der Waals surface area contributed by atoms with Crippen LogP contribution in [-0.4, -0.2) is 18.2 Å². The minimum Gasteiger partial charge on any atom is -0.304 e. The molecule has 2 aromatic rings. The maximum Gasteiger partial charge on any atom is 0.231 e. The van der Waals surface area contributed by atoms with Crippen molar-refractivity contribution in [3.63, 3.8) is 0 Å². The highest BCUT2D eigenvalue weighted by Gasteiger charge is 2.29. The monoisotopic (exact) mass is 319 g/mol. The third kappa shape index (κ3) is 2.74. The number of hydrogen-bond acceptors (Lipinski definition) is 3. The maximum atomic E-state index is 12.4. The van der Waals surface area contributed by atoms with Crippen LogP contribution in [0.1, 0.15) is 27.0 Å². The molecule has 1 amide bonds. The molecule has 1 aliphatic heterocycles. The summed E-state index contributed by atoms with van der Waals surface area (Å²) in [5.74, 6) is -0.0752. The summed E-state index contributed by atoms with van der Waals surface area (Å²) in [4.78, 5) is 27.9. The molecule has 0 unspecified atom stereocenters. The lowest BCUT2D eigenvalue weighted by Crippen LogP contribution is -2.32. The lowest BCUT2D eigenvalue weighted by Gasteiger charge is -2.16. The molecule has 5 heteroatoms. The standard InChI is InChI=1S/C16H14ClNO2S/c1-2-12-5-6-15(21-12)14(19)9-18-13-8-11(17)4-3-10(13)7-16(18)20/h3-6,8H,2,7,9H2,1H3. The number of anilines is 1. The van der Waals surface area contributed by atoms with Crippen LogP contribution in [0, 0.1) is 0 Å². The third-order valence-corrected chi connectivity index (χ3v) is 5.07. The molecule has 0 bridgehead atoms. The van der Waals surface area contributed by atoms with Gasteiger partial charge in [0, 0.05) is 15.6 Å². The molecule has 0 saturated carbocycles. The number of thiophene rings is 1. The Bertz CT molecular complexity index is 723. The number of rotatable bonds is 4. The molecule has 21 heavy (non-hydrogen) atoms. The maximum absolute atomic E-state index is 12.4. The fourth-order valence-electron chi connectivity index (χ4n) is 2.44. The van der Waals surface area contributed by atoms with Crippen molar-refractivity contribution in [2.45, 2.75) is 19.8 Å². The second kappa shape index (κ2) is 5.62. The van der Waals surface area contributed by atoms with E-state index in [9.17, 15) is 9.59 Å². The Morgan fingerprint density at radius 3 is 2.86 bits per heavy atom. The van der Waals surface area contributed by atoms with E-state index in [0.29, 0.717) is 16.3 Å². The van der Waals surface area contributed by atoms with Gasteiger partial charge < -0.3 is 4.90 Å². The molecule has 3 rings (SSSR count). The summed E-state index contributed by atoms with van der Waals surface area (Å²) in [6.45, 7) is 2.14. The first-order chi connectivity index (χ1) is 10.1. The number of halogens is 1. The van der Waals surface area contributed by atoms with Gasteiger partial charge in [-0.15, -0.1) is 11.3 Å². The number of hydrogen-bond donors (Lipinski definition) is 0. The summed E-state index contributed by atoms with van der Waals surface area (Å²) in [5.41, 5.74) is 1.69. The van der Waals surface area contributed by atoms with Gasteiger partial charge in [0.15, 0.2) is 5.78 Å². The van der Waals surface area contributed by atoms with Gasteiger partial charge in [0.05, 0.1) is 17.8 Å². The third-order valence-electron chi connectivity index (χ3n) is 3.57. The van der Waals surface area contributed by atoms with Gasteiger partial charge >= 0.3 is 0 Å². The molecule has 0 saturated heterocycles. The summed E-state index contributed by atoms with van der Waals surface area (Å²) < 4.78 is 0. The average molecular weight is 320 g/mol. The predicted octanol–water partition coefficient (Wildman–Crippen LogP) is 3.74. The van der Waals surface area contributed by atoms with Crippen LogP contribution in [0.4, 0.5) is 5.69 Å². The van der Waals surface area contributed by atoms with Gasteiger partial charge in [-0.2, -0.15) is 0 Å². The van der Waals surface area contributed by atoms with E-state index in [0.717, 1.165) is 17.7 Å². The van der Waals surface area contributed by atoms with E-state index in [2.05, 4.69) is 6.92 Å². The summed E-state index contributed by atoms with van der Waals surface area (Å²) in [6, 6.07) is 9.17. The Hall–Kier alpha value is -1.65. The van der Waals surface area contributed by atoms with E-state index >= 15 is 0 Å². The van der Waals surface area contributed by atoms with Crippen LogP contribution >= 0.6 is 22.9 Å². The van der Waals surface area contributed by atoms with Gasteiger partial charge in [0.2, 0.25) is 5.91 Å². The second-order valence-corrected chi connectivity index (χ2v) is 6.58. The van der Waals surface area contributed by atoms with E-state index in [1.54, 1.807) is 12.1 Å². The number of carbonyl (C=O) groups is 2. The highest BCUT2D eigenvalue weighted by Crippen LogP contribution is 2.32. The smallest absolute Gasteiger partial charge is 0.231 e. The molecule has 108 valence electrons. The second-order valence-electron chi connectivity index (χ2n) is 4.97. The Labute approximate surface area is 132 Å². The number of aryl methyl sites for hydroxylation is 1. The number of fused-ring (bicyclic) bond motifs is 1. The van der Waals surface area contributed by atoms with Crippen LogP contribution in [-0.2, 0) is 17.6 Å². The molecule has 2 heterocycles. The van der Waals surface area contributed by atoms with Gasteiger partial charge in [-0.25, -0.2) is 0 Å². The molecule has 0 fully saturated rings. The van der Waals surface area contributed by atoms with Gasteiger partial charge in [-0.05, 0) is 36.2 Å². The lowest BCUT2D eigenvalue weighted by molar-refractivity contribution is -0.117. The van der Waals surface area contributed by atoms with Crippen molar-refractivity contribution >= 4 is 40.3 Å². The molecule has 3 nitrogen and oxygen atoms in total. The Kier molecular flexibility index (Phi) is 3.83. The van der Waals surface area contributed by atoms with Gasteiger partial charge in [-0.3, -0.25) is 9.59 Å². The Morgan fingerprint density at radius 1 is 1.33 bits per heavy atom. The van der Waals surface area contributed by atoms with Crippen molar-refractivity contribution in [2.24, 2.45) is 0 Å². The molecule has 0 N–H and O–H groups in total.